The Morgan fingerprint density at radius 3 is 2.16 bits per heavy atom. The predicted molar refractivity (Wildman–Crippen MR) is 88.4 cm³/mol. The van der Waals surface area contributed by atoms with Crippen molar-refractivity contribution in [3.8, 4) is 0 Å². The van der Waals surface area contributed by atoms with Crippen molar-refractivity contribution in [3.63, 3.8) is 0 Å². The number of allylic oxidation sites excluding steroid dienone is 2. The molecule has 2 rings (SSSR count). The summed E-state index contributed by atoms with van der Waals surface area (Å²) in [4.78, 5) is 44.9. The van der Waals surface area contributed by atoms with E-state index in [1.54, 1.807) is 0 Å². The van der Waals surface area contributed by atoms with E-state index in [0.29, 0.717) is 0 Å². The van der Waals surface area contributed by atoms with E-state index in [2.05, 4.69) is 0 Å². The molecule has 0 amide bonds. The topological polar surface area (TPSA) is 146 Å². The molecule has 0 saturated heterocycles. The van der Waals surface area contributed by atoms with Crippen LogP contribution in [0.3, 0.4) is 0 Å². The second kappa shape index (κ2) is 6.15. The average molecular weight is 347 g/mol. The molecule has 130 valence electrons. The molecule has 1 aromatic heterocycles. The molecule has 0 atom stereocenters. The van der Waals surface area contributed by atoms with Gasteiger partial charge in [0.2, 0.25) is 0 Å². The molecule has 0 bridgehead atoms. The lowest BCUT2D eigenvalue weighted by molar-refractivity contribution is -0.393. The van der Waals surface area contributed by atoms with E-state index in [0.717, 1.165) is 29.7 Å². The third kappa shape index (κ3) is 2.96. The molecule has 1 aromatic carbocycles. The summed E-state index contributed by atoms with van der Waals surface area (Å²) < 4.78 is 0.929. The Hall–Kier alpha value is -3.56. The highest BCUT2D eigenvalue weighted by molar-refractivity contribution is 6.20. The van der Waals surface area contributed by atoms with E-state index >= 15 is 0 Å². The fraction of sp³-hybridized carbons (Fsp3) is 0.200. The van der Waals surface area contributed by atoms with E-state index in [1.165, 1.54) is 14.0 Å². The summed E-state index contributed by atoms with van der Waals surface area (Å²) in [7, 11) is 1.25. The van der Waals surface area contributed by atoms with Crippen LogP contribution in [0.4, 0.5) is 11.4 Å². The number of carbonyl (C=O) groups excluding carboxylic acids is 1. The van der Waals surface area contributed by atoms with E-state index < -0.39 is 38.3 Å². The lowest BCUT2D eigenvalue weighted by atomic mass is 10.00. The zero-order chi connectivity index (χ0) is 19.0. The predicted octanol–water partition coefficient (Wildman–Crippen LogP) is 2.23. The minimum atomic E-state index is -0.826. The highest BCUT2D eigenvalue weighted by Gasteiger charge is 2.25. The van der Waals surface area contributed by atoms with E-state index in [9.17, 15) is 34.9 Å². The number of hydrogen-bond donors (Lipinski definition) is 1. The first kappa shape index (κ1) is 17.8. The molecule has 10 nitrogen and oxygen atoms in total. The summed E-state index contributed by atoms with van der Waals surface area (Å²) in [6.07, 6.45) is 0. The van der Waals surface area contributed by atoms with Gasteiger partial charge in [-0.15, -0.1) is 0 Å². The van der Waals surface area contributed by atoms with Gasteiger partial charge in [-0.25, -0.2) is 0 Å². The van der Waals surface area contributed by atoms with Crippen LogP contribution in [0.1, 0.15) is 19.4 Å². The summed E-state index contributed by atoms with van der Waals surface area (Å²) >= 11 is 0. The number of Topliss-reactive ketones (excluding diaryl/α,β-unsaturated/α-hetero) is 1. The molecule has 0 aliphatic carbocycles. The van der Waals surface area contributed by atoms with Gasteiger partial charge in [-0.3, -0.25) is 29.8 Å². The number of carbonyl (C=O) groups is 1. The van der Waals surface area contributed by atoms with Gasteiger partial charge in [-0.2, -0.15) is 0 Å². The number of non-ortho nitro benzene ring substituents is 2. The highest BCUT2D eigenvalue weighted by Crippen LogP contribution is 2.31. The molecule has 0 spiro atoms. The van der Waals surface area contributed by atoms with Gasteiger partial charge in [0.25, 0.3) is 16.9 Å². The van der Waals surface area contributed by atoms with Crippen LogP contribution in [-0.2, 0) is 11.8 Å². The fourth-order valence-electron chi connectivity index (χ4n) is 2.66. The molecule has 10 heteroatoms. The van der Waals surface area contributed by atoms with Crippen LogP contribution >= 0.6 is 0 Å². The van der Waals surface area contributed by atoms with Crippen molar-refractivity contribution >= 4 is 33.6 Å². The largest absolute Gasteiger partial charge is 0.512 e. The molecule has 0 fully saturated rings. The van der Waals surface area contributed by atoms with Crippen LogP contribution in [0.5, 0.6) is 0 Å². The van der Waals surface area contributed by atoms with Gasteiger partial charge in [0, 0.05) is 18.5 Å². The lowest BCUT2D eigenvalue weighted by Crippen LogP contribution is -2.23. The number of fused-ring (bicyclic) bond motifs is 1. The number of pyridine rings is 1. The molecule has 1 heterocycles. The Balaban J connectivity index is 3.06. The zero-order valence-corrected chi connectivity index (χ0v) is 13.5. The Morgan fingerprint density at radius 2 is 1.72 bits per heavy atom. The number of nitro groups is 2. The number of benzene rings is 1. The summed E-state index contributed by atoms with van der Waals surface area (Å²) in [5.41, 5.74) is -2.46. The molecule has 2 aromatic rings. The van der Waals surface area contributed by atoms with Crippen molar-refractivity contribution in [3.05, 3.63) is 60.1 Å². The summed E-state index contributed by atoms with van der Waals surface area (Å²) in [6, 6.07) is 2.96. The third-order valence-electron chi connectivity index (χ3n) is 3.67. The maximum Gasteiger partial charge on any atom is 0.300 e. The standard InChI is InChI=1S/C15H13N3O7/c1-7(19)13(8(2)20)11-5-9-4-10(17(22)23)6-12(18(24)25)14(9)16(3)15(11)21/h4-6,19H,1-3H3/b13-7-. The Kier molecular flexibility index (Phi) is 4.38. The monoisotopic (exact) mass is 347 g/mol. The lowest BCUT2D eigenvalue weighted by Gasteiger charge is -2.11. The van der Waals surface area contributed by atoms with Gasteiger partial charge >= 0.3 is 0 Å². The van der Waals surface area contributed by atoms with Crippen molar-refractivity contribution in [2.24, 2.45) is 7.05 Å². The summed E-state index contributed by atoms with van der Waals surface area (Å²) in [6.45, 7) is 2.37. The zero-order valence-electron chi connectivity index (χ0n) is 13.5. The first-order chi connectivity index (χ1) is 11.6. The van der Waals surface area contributed by atoms with Crippen LogP contribution in [0, 0.1) is 20.2 Å². The summed E-state index contributed by atoms with van der Waals surface area (Å²) in [5.74, 6) is -0.986. The normalized spacial score (nSPS) is 12.0. The number of aromatic nitrogens is 1. The number of rotatable bonds is 4. The van der Waals surface area contributed by atoms with Crippen LogP contribution < -0.4 is 5.56 Å². The number of aryl methyl sites for hydroxylation is 1. The van der Waals surface area contributed by atoms with E-state index in [4.69, 9.17) is 0 Å². The molecule has 0 aliphatic rings. The SMILES string of the molecule is CC(=O)/C(=C(\C)O)c1cc2cc([N+](=O)[O-])cc([N+](=O)[O-])c2n(C)c1=O. The fourth-order valence-corrected chi connectivity index (χ4v) is 2.66. The number of ketones is 1. The number of nitrogens with zero attached hydrogens (tertiary/aromatic N) is 3. The number of hydrogen-bond acceptors (Lipinski definition) is 7. The van der Waals surface area contributed by atoms with Crippen molar-refractivity contribution in [1.29, 1.82) is 0 Å². The molecule has 1 N–H and O–H groups in total. The van der Waals surface area contributed by atoms with Crippen molar-refractivity contribution in [1.82, 2.24) is 4.57 Å². The molecular weight excluding hydrogens is 334 g/mol. The first-order valence-corrected chi connectivity index (χ1v) is 6.94. The van der Waals surface area contributed by atoms with Gasteiger partial charge in [0.15, 0.2) is 5.78 Å². The quantitative estimate of drug-likeness (QED) is 0.386. The maximum atomic E-state index is 12.5. The minimum Gasteiger partial charge on any atom is -0.512 e. The summed E-state index contributed by atoms with van der Waals surface area (Å²) in [5, 5.41) is 32.0. The molecule has 25 heavy (non-hydrogen) atoms. The second-order valence-corrected chi connectivity index (χ2v) is 5.36. The Morgan fingerprint density at radius 1 is 1.12 bits per heavy atom. The second-order valence-electron chi connectivity index (χ2n) is 5.36. The number of aliphatic hydroxyl groups excluding tert-OH is 1. The third-order valence-corrected chi connectivity index (χ3v) is 3.67. The van der Waals surface area contributed by atoms with Gasteiger partial charge in [-0.05, 0) is 19.9 Å². The maximum absolute atomic E-state index is 12.5. The molecular formula is C15H13N3O7. The van der Waals surface area contributed by atoms with E-state index in [1.807, 2.05) is 0 Å². The Bertz CT molecular complexity index is 1030. The molecule has 0 unspecified atom stereocenters. The highest BCUT2D eigenvalue weighted by atomic mass is 16.6. The van der Waals surface area contributed by atoms with E-state index in [-0.39, 0.29) is 22.0 Å². The van der Waals surface area contributed by atoms with Crippen LogP contribution in [0.2, 0.25) is 0 Å². The molecule has 0 aliphatic heterocycles. The minimum absolute atomic E-state index is 0.0259. The smallest absolute Gasteiger partial charge is 0.300 e. The van der Waals surface area contributed by atoms with Crippen molar-refractivity contribution in [2.45, 2.75) is 13.8 Å². The Labute approximate surface area is 139 Å². The van der Waals surface area contributed by atoms with Crippen LogP contribution in [-0.4, -0.2) is 25.3 Å². The van der Waals surface area contributed by atoms with Gasteiger partial charge in [0.05, 0.1) is 27.0 Å². The first-order valence-electron chi connectivity index (χ1n) is 6.94. The van der Waals surface area contributed by atoms with Crippen molar-refractivity contribution < 1.29 is 19.7 Å². The number of nitro benzene ring substituents is 2. The van der Waals surface area contributed by atoms with Gasteiger partial charge in [0.1, 0.15) is 11.3 Å². The molecule has 0 radical (unpaired) electrons. The van der Waals surface area contributed by atoms with Crippen LogP contribution in [0.15, 0.2) is 28.8 Å². The average Bonchev–Trinajstić information content (AvgIpc) is 2.50. The van der Waals surface area contributed by atoms with Crippen LogP contribution in [0.25, 0.3) is 16.5 Å². The number of aliphatic hydroxyl groups is 1. The van der Waals surface area contributed by atoms with Crippen molar-refractivity contribution in [2.75, 3.05) is 0 Å². The van der Waals surface area contributed by atoms with Gasteiger partial charge < -0.3 is 9.67 Å². The molecule has 0 saturated carbocycles. The van der Waals surface area contributed by atoms with Gasteiger partial charge in [-0.1, -0.05) is 0 Å².